The third kappa shape index (κ3) is 5.30. The van der Waals surface area contributed by atoms with Gasteiger partial charge in [-0.05, 0) is 30.9 Å². The van der Waals surface area contributed by atoms with Gasteiger partial charge < -0.3 is 20.2 Å². The monoisotopic (exact) mass is 547 g/mol. The molecule has 214 valence electrons. The van der Waals surface area contributed by atoms with Gasteiger partial charge in [-0.1, -0.05) is 50.1 Å². The lowest BCUT2D eigenvalue weighted by atomic mass is 9.68. The molecule has 2 N–H and O–H groups in total. The van der Waals surface area contributed by atoms with Crippen LogP contribution < -0.4 is 10.9 Å². The Labute approximate surface area is 235 Å². The number of nitrogens with zero attached hydrogens (tertiary/aromatic N) is 6. The average Bonchev–Trinajstić information content (AvgIpc) is 3.64. The summed E-state index contributed by atoms with van der Waals surface area (Å²) in [5, 5.41) is 19.8. The molecule has 1 aliphatic heterocycles. The Balaban J connectivity index is 1.37. The Hall–Kier alpha value is -3.50. The normalized spacial score (nSPS) is 20.3. The molecule has 0 spiro atoms. The Morgan fingerprint density at radius 2 is 1.98 bits per heavy atom. The topological polar surface area (TPSA) is 109 Å². The number of aliphatic hydroxyl groups is 1. The highest BCUT2D eigenvalue weighted by Crippen LogP contribution is 2.49. The maximum Gasteiger partial charge on any atom is 0.320 e. The number of piperazine rings is 1. The van der Waals surface area contributed by atoms with Crippen LogP contribution in [0.15, 0.2) is 59.8 Å². The zero-order chi connectivity index (χ0) is 28.3. The number of rotatable bonds is 8. The molecule has 1 unspecified atom stereocenters. The number of carbonyl (C=O) groups excluding carboxylic acids is 1. The molecule has 5 rings (SSSR count). The van der Waals surface area contributed by atoms with Crippen LogP contribution in [0.2, 0.25) is 0 Å². The van der Waals surface area contributed by atoms with Crippen molar-refractivity contribution in [3.8, 4) is 11.4 Å². The molecule has 2 amide bonds. The lowest BCUT2D eigenvalue weighted by Crippen LogP contribution is -2.58. The first-order valence-corrected chi connectivity index (χ1v) is 14.3. The van der Waals surface area contributed by atoms with Crippen molar-refractivity contribution in [1.29, 1.82) is 0 Å². The van der Waals surface area contributed by atoms with E-state index in [0.29, 0.717) is 31.7 Å². The summed E-state index contributed by atoms with van der Waals surface area (Å²) in [5.41, 5.74) is 0.485. The SMILES string of the molecule is CCC(O)(Cn1cnc(-c2ccnn2C)cc1=O)C1(CN(C)C(=O)N2CCNC[C@H]2c2ccccc2)CCCC1. The van der Waals surface area contributed by atoms with Crippen LogP contribution in [0.1, 0.15) is 50.6 Å². The van der Waals surface area contributed by atoms with Gasteiger partial charge in [-0.3, -0.25) is 14.0 Å². The molecular formula is C30H41N7O3. The van der Waals surface area contributed by atoms with Gasteiger partial charge in [-0.25, -0.2) is 9.78 Å². The number of aromatic nitrogens is 4. The lowest BCUT2D eigenvalue weighted by molar-refractivity contribution is -0.107. The number of aryl methyl sites for hydroxylation is 1. The van der Waals surface area contributed by atoms with E-state index in [2.05, 4.69) is 27.5 Å². The van der Waals surface area contributed by atoms with Crippen LogP contribution in [0.4, 0.5) is 4.79 Å². The summed E-state index contributed by atoms with van der Waals surface area (Å²) in [6.45, 7) is 4.60. The fourth-order valence-corrected chi connectivity index (χ4v) is 6.72. The zero-order valence-electron chi connectivity index (χ0n) is 23.8. The quantitative estimate of drug-likeness (QED) is 0.449. The van der Waals surface area contributed by atoms with Gasteiger partial charge in [0, 0.05) is 58.0 Å². The van der Waals surface area contributed by atoms with Gasteiger partial charge in [0.1, 0.15) is 0 Å². The summed E-state index contributed by atoms with van der Waals surface area (Å²) in [5.74, 6) is 0. The van der Waals surface area contributed by atoms with E-state index in [4.69, 9.17) is 0 Å². The van der Waals surface area contributed by atoms with Crippen LogP contribution in [-0.2, 0) is 13.6 Å². The number of nitrogens with one attached hydrogen (secondary N) is 1. The van der Waals surface area contributed by atoms with E-state index in [1.165, 1.54) is 17.0 Å². The van der Waals surface area contributed by atoms with Crippen LogP contribution in [0, 0.1) is 5.41 Å². The molecule has 0 bridgehead atoms. The molecule has 1 aromatic carbocycles. The third-order valence-corrected chi connectivity index (χ3v) is 9.07. The van der Waals surface area contributed by atoms with Crippen molar-refractivity contribution < 1.29 is 9.90 Å². The largest absolute Gasteiger partial charge is 0.387 e. The van der Waals surface area contributed by atoms with Gasteiger partial charge in [-0.2, -0.15) is 5.10 Å². The van der Waals surface area contributed by atoms with E-state index in [0.717, 1.165) is 43.5 Å². The van der Waals surface area contributed by atoms with Crippen molar-refractivity contribution in [2.24, 2.45) is 12.5 Å². The summed E-state index contributed by atoms with van der Waals surface area (Å²) < 4.78 is 3.18. The highest BCUT2D eigenvalue weighted by atomic mass is 16.3. The maximum absolute atomic E-state index is 13.9. The van der Waals surface area contributed by atoms with Gasteiger partial charge in [0.15, 0.2) is 0 Å². The van der Waals surface area contributed by atoms with Gasteiger partial charge in [0.25, 0.3) is 5.56 Å². The van der Waals surface area contributed by atoms with Crippen LogP contribution in [-0.4, -0.2) is 79.1 Å². The molecule has 2 fully saturated rings. The molecule has 2 atom stereocenters. The second-order valence-corrected chi connectivity index (χ2v) is 11.4. The van der Waals surface area contributed by atoms with E-state index in [9.17, 15) is 14.7 Å². The number of benzene rings is 1. The molecule has 10 heteroatoms. The Morgan fingerprint density at radius 1 is 1.23 bits per heavy atom. The fraction of sp³-hybridized carbons (Fsp3) is 0.533. The maximum atomic E-state index is 13.9. The average molecular weight is 548 g/mol. The molecule has 1 saturated heterocycles. The molecule has 3 aromatic rings. The second kappa shape index (κ2) is 11.5. The van der Waals surface area contributed by atoms with E-state index < -0.39 is 11.0 Å². The van der Waals surface area contributed by atoms with Crippen molar-refractivity contribution in [2.45, 2.75) is 57.2 Å². The Kier molecular flexibility index (Phi) is 8.09. The zero-order valence-corrected chi connectivity index (χ0v) is 23.8. The van der Waals surface area contributed by atoms with Crippen LogP contribution in [0.25, 0.3) is 11.4 Å². The summed E-state index contributed by atoms with van der Waals surface area (Å²) in [6, 6.07) is 13.4. The molecule has 0 radical (unpaired) electrons. The van der Waals surface area contributed by atoms with Crippen LogP contribution >= 0.6 is 0 Å². The minimum absolute atomic E-state index is 0.0283. The van der Waals surface area contributed by atoms with Gasteiger partial charge in [-0.15, -0.1) is 0 Å². The highest BCUT2D eigenvalue weighted by Gasteiger charge is 2.52. The van der Waals surface area contributed by atoms with E-state index >= 15 is 0 Å². The Morgan fingerprint density at radius 3 is 2.62 bits per heavy atom. The van der Waals surface area contributed by atoms with Crippen LogP contribution in [0.3, 0.4) is 0 Å². The minimum atomic E-state index is -1.18. The van der Waals surface area contributed by atoms with Gasteiger partial charge in [0.2, 0.25) is 0 Å². The number of amides is 2. The van der Waals surface area contributed by atoms with E-state index in [1.807, 2.05) is 50.2 Å². The number of urea groups is 1. The molecule has 10 nitrogen and oxygen atoms in total. The highest BCUT2D eigenvalue weighted by molar-refractivity contribution is 5.75. The van der Waals surface area contributed by atoms with E-state index in [1.54, 1.807) is 15.8 Å². The number of hydrogen-bond acceptors (Lipinski definition) is 6. The second-order valence-electron chi connectivity index (χ2n) is 11.4. The Bertz CT molecular complexity index is 1360. The number of hydrogen-bond donors (Lipinski definition) is 2. The minimum Gasteiger partial charge on any atom is -0.387 e. The fourth-order valence-electron chi connectivity index (χ4n) is 6.72. The predicted octanol–water partition coefficient (Wildman–Crippen LogP) is 3.04. The smallest absolute Gasteiger partial charge is 0.320 e. The molecule has 1 aliphatic carbocycles. The summed E-state index contributed by atoms with van der Waals surface area (Å²) in [6.07, 6.45) is 7.22. The van der Waals surface area contributed by atoms with Crippen molar-refractivity contribution in [3.05, 3.63) is 70.9 Å². The van der Waals surface area contributed by atoms with E-state index in [-0.39, 0.29) is 24.2 Å². The first kappa shape index (κ1) is 28.0. The predicted molar refractivity (Wildman–Crippen MR) is 154 cm³/mol. The van der Waals surface area contributed by atoms with Crippen molar-refractivity contribution >= 4 is 6.03 Å². The van der Waals surface area contributed by atoms with Gasteiger partial charge >= 0.3 is 6.03 Å². The first-order valence-electron chi connectivity index (χ1n) is 14.3. The molecule has 1 saturated carbocycles. The molecule has 40 heavy (non-hydrogen) atoms. The third-order valence-electron chi connectivity index (χ3n) is 9.07. The van der Waals surface area contributed by atoms with Gasteiger partial charge in [0.05, 0.1) is 35.9 Å². The summed E-state index contributed by atoms with van der Waals surface area (Å²) in [4.78, 5) is 35.3. The number of carbonyl (C=O) groups is 1. The lowest BCUT2D eigenvalue weighted by Gasteiger charge is -2.48. The molecule has 2 aromatic heterocycles. The first-order chi connectivity index (χ1) is 19.3. The standard InChI is InChI=1S/C30H41N7O3/c1-4-30(40,21-36-22-32-24(18-27(36)38)25-12-15-33-35(25)3)29(13-8-9-14-29)20-34(2)28(39)37-17-16-31-19-26(37)23-10-6-5-7-11-23/h5-7,10-12,15,18,22,26,31,40H,4,8-9,13-14,16-17,19-21H2,1-3H3/t26-,30?/m0/s1. The molecular weight excluding hydrogens is 506 g/mol. The summed E-state index contributed by atoms with van der Waals surface area (Å²) in [7, 11) is 3.65. The molecule has 3 heterocycles. The summed E-state index contributed by atoms with van der Waals surface area (Å²) >= 11 is 0. The van der Waals surface area contributed by atoms with Crippen molar-refractivity contribution in [1.82, 2.24) is 34.4 Å². The van der Waals surface area contributed by atoms with Crippen LogP contribution in [0.5, 0.6) is 0 Å². The molecule has 2 aliphatic rings. The van der Waals surface area contributed by atoms with Crippen molar-refractivity contribution in [3.63, 3.8) is 0 Å². The van der Waals surface area contributed by atoms with Crippen molar-refractivity contribution in [2.75, 3.05) is 33.2 Å².